The van der Waals surface area contributed by atoms with Crippen LogP contribution < -0.4 is 11.1 Å². The lowest BCUT2D eigenvalue weighted by Gasteiger charge is -2.06. The lowest BCUT2D eigenvalue weighted by molar-refractivity contribution is 0.0952. The fraction of sp³-hybridized carbons (Fsp3) is 0.462. The number of nitrogens with one attached hydrogen (secondary N) is 1. The van der Waals surface area contributed by atoms with Crippen LogP contribution in [0.5, 0.6) is 0 Å². The molecule has 0 aromatic heterocycles. The SMILES string of the molecule is Cc1ccc(C(=O)NCCC2CC2)cc1N. The molecule has 0 aliphatic heterocycles. The number of hydrogen-bond donors (Lipinski definition) is 2. The average molecular weight is 218 g/mol. The summed E-state index contributed by atoms with van der Waals surface area (Å²) in [6, 6.07) is 5.44. The van der Waals surface area contributed by atoms with Crippen LogP contribution in [0.1, 0.15) is 35.2 Å². The number of aryl methyl sites for hydroxylation is 1. The zero-order valence-electron chi connectivity index (χ0n) is 9.62. The highest BCUT2D eigenvalue weighted by Gasteiger charge is 2.20. The second-order valence-electron chi connectivity index (χ2n) is 4.56. The number of carbonyl (C=O) groups excluding carboxylic acids is 1. The minimum absolute atomic E-state index is 0.0210. The van der Waals surface area contributed by atoms with Crippen LogP contribution in [0.2, 0.25) is 0 Å². The van der Waals surface area contributed by atoms with E-state index in [-0.39, 0.29) is 5.91 Å². The average Bonchev–Trinajstić information content (AvgIpc) is 3.06. The first-order valence-corrected chi connectivity index (χ1v) is 5.81. The Balaban J connectivity index is 1.88. The zero-order valence-corrected chi connectivity index (χ0v) is 9.62. The van der Waals surface area contributed by atoms with E-state index >= 15 is 0 Å². The van der Waals surface area contributed by atoms with E-state index in [0.717, 1.165) is 24.4 Å². The Morgan fingerprint density at radius 1 is 1.50 bits per heavy atom. The lowest BCUT2D eigenvalue weighted by Crippen LogP contribution is -2.24. The molecule has 3 heteroatoms. The Bertz CT molecular complexity index is 397. The molecule has 86 valence electrons. The van der Waals surface area contributed by atoms with Gasteiger partial charge >= 0.3 is 0 Å². The maximum absolute atomic E-state index is 11.7. The van der Waals surface area contributed by atoms with Gasteiger partial charge < -0.3 is 11.1 Å². The van der Waals surface area contributed by atoms with Gasteiger partial charge in [0.25, 0.3) is 5.91 Å². The number of hydrogen-bond acceptors (Lipinski definition) is 2. The number of carbonyl (C=O) groups is 1. The molecule has 1 aromatic carbocycles. The van der Waals surface area contributed by atoms with Gasteiger partial charge in [-0.2, -0.15) is 0 Å². The minimum atomic E-state index is -0.0210. The summed E-state index contributed by atoms with van der Waals surface area (Å²) in [5.74, 6) is 0.829. The molecule has 1 aliphatic rings. The summed E-state index contributed by atoms with van der Waals surface area (Å²) in [5, 5.41) is 2.92. The standard InChI is InChI=1S/C13H18N2O/c1-9-2-5-11(8-12(9)14)13(16)15-7-6-10-3-4-10/h2,5,8,10H,3-4,6-7,14H2,1H3,(H,15,16). The number of benzene rings is 1. The number of nitrogens with two attached hydrogens (primary N) is 1. The van der Waals surface area contributed by atoms with E-state index in [1.54, 1.807) is 6.07 Å². The molecule has 16 heavy (non-hydrogen) atoms. The molecule has 0 saturated heterocycles. The number of anilines is 1. The molecule has 2 rings (SSSR count). The van der Waals surface area contributed by atoms with E-state index in [0.29, 0.717) is 11.3 Å². The van der Waals surface area contributed by atoms with Gasteiger partial charge in [-0.1, -0.05) is 18.9 Å². The molecular weight excluding hydrogens is 200 g/mol. The monoisotopic (exact) mass is 218 g/mol. The third-order valence-corrected chi connectivity index (χ3v) is 3.08. The fourth-order valence-corrected chi connectivity index (χ4v) is 1.68. The molecule has 3 N–H and O–H groups in total. The molecule has 1 fully saturated rings. The predicted octanol–water partition coefficient (Wildman–Crippen LogP) is 2.11. The highest BCUT2D eigenvalue weighted by atomic mass is 16.1. The van der Waals surface area contributed by atoms with Crippen LogP contribution in [0.25, 0.3) is 0 Å². The molecule has 1 aliphatic carbocycles. The maximum Gasteiger partial charge on any atom is 0.251 e. The third-order valence-electron chi connectivity index (χ3n) is 3.08. The fourth-order valence-electron chi connectivity index (χ4n) is 1.68. The summed E-state index contributed by atoms with van der Waals surface area (Å²) in [5.41, 5.74) is 8.10. The number of rotatable bonds is 4. The van der Waals surface area contributed by atoms with Crippen molar-refractivity contribution in [3.8, 4) is 0 Å². The van der Waals surface area contributed by atoms with Crippen LogP contribution >= 0.6 is 0 Å². The number of nitrogen functional groups attached to an aromatic ring is 1. The van der Waals surface area contributed by atoms with E-state index in [9.17, 15) is 4.79 Å². The van der Waals surface area contributed by atoms with Crippen molar-refractivity contribution in [2.24, 2.45) is 5.92 Å². The van der Waals surface area contributed by atoms with Gasteiger partial charge in [0, 0.05) is 17.8 Å². The third kappa shape index (κ3) is 2.75. The van der Waals surface area contributed by atoms with E-state index in [4.69, 9.17) is 5.73 Å². The molecular formula is C13H18N2O. The zero-order chi connectivity index (χ0) is 11.5. The van der Waals surface area contributed by atoms with Crippen LogP contribution in [-0.4, -0.2) is 12.5 Å². The second-order valence-corrected chi connectivity index (χ2v) is 4.56. The topological polar surface area (TPSA) is 55.1 Å². The van der Waals surface area contributed by atoms with Crippen molar-refractivity contribution >= 4 is 11.6 Å². The van der Waals surface area contributed by atoms with Crippen molar-refractivity contribution in [1.29, 1.82) is 0 Å². The van der Waals surface area contributed by atoms with Gasteiger partial charge in [-0.3, -0.25) is 4.79 Å². The smallest absolute Gasteiger partial charge is 0.251 e. The van der Waals surface area contributed by atoms with Crippen molar-refractivity contribution in [2.45, 2.75) is 26.2 Å². The molecule has 0 atom stereocenters. The molecule has 1 saturated carbocycles. The van der Waals surface area contributed by atoms with Gasteiger partial charge in [0.15, 0.2) is 0 Å². The van der Waals surface area contributed by atoms with Crippen LogP contribution in [0.4, 0.5) is 5.69 Å². The molecule has 3 nitrogen and oxygen atoms in total. The Morgan fingerprint density at radius 3 is 2.88 bits per heavy atom. The van der Waals surface area contributed by atoms with Crippen LogP contribution in [0.3, 0.4) is 0 Å². The summed E-state index contributed by atoms with van der Waals surface area (Å²) >= 11 is 0. The summed E-state index contributed by atoms with van der Waals surface area (Å²) < 4.78 is 0. The van der Waals surface area contributed by atoms with Gasteiger partial charge in [-0.15, -0.1) is 0 Å². The Morgan fingerprint density at radius 2 is 2.25 bits per heavy atom. The summed E-state index contributed by atoms with van der Waals surface area (Å²) in [6.45, 7) is 2.71. The van der Waals surface area contributed by atoms with Crippen molar-refractivity contribution in [1.82, 2.24) is 5.32 Å². The molecule has 1 amide bonds. The normalized spacial score (nSPS) is 14.8. The van der Waals surface area contributed by atoms with Crippen molar-refractivity contribution < 1.29 is 4.79 Å². The van der Waals surface area contributed by atoms with Gasteiger partial charge in [-0.05, 0) is 37.0 Å². The van der Waals surface area contributed by atoms with Crippen molar-refractivity contribution in [3.05, 3.63) is 29.3 Å². The Labute approximate surface area is 96.0 Å². The number of amides is 1. The minimum Gasteiger partial charge on any atom is -0.398 e. The molecule has 0 unspecified atom stereocenters. The summed E-state index contributed by atoms with van der Waals surface area (Å²) in [7, 11) is 0. The van der Waals surface area contributed by atoms with Gasteiger partial charge in [0.05, 0.1) is 0 Å². The van der Waals surface area contributed by atoms with E-state index in [1.165, 1.54) is 12.8 Å². The first-order chi connectivity index (χ1) is 7.66. The van der Waals surface area contributed by atoms with Gasteiger partial charge in [-0.25, -0.2) is 0 Å². The molecule has 0 bridgehead atoms. The maximum atomic E-state index is 11.7. The van der Waals surface area contributed by atoms with Gasteiger partial charge in [0.2, 0.25) is 0 Å². The molecule has 0 spiro atoms. The summed E-state index contributed by atoms with van der Waals surface area (Å²) in [4.78, 5) is 11.7. The molecule has 1 aromatic rings. The van der Waals surface area contributed by atoms with E-state index in [1.807, 2.05) is 19.1 Å². The molecule has 0 radical (unpaired) electrons. The lowest BCUT2D eigenvalue weighted by atomic mass is 10.1. The van der Waals surface area contributed by atoms with E-state index in [2.05, 4.69) is 5.32 Å². The molecule has 0 heterocycles. The Kier molecular flexibility index (Phi) is 3.13. The Hall–Kier alpha value is -1.51. The first kappa shape index (κ1) is 11.0. The van der Waals surface area contributed by atoms with Crippen LogP contribution in [0.15, 0.2) is 18.2 Å². The quantitative estimate of drug-likeness (QED) is 0.760. The first-order valence-electron chi connectivity index (χ1n) is 5.81. The van der Waals surface area contributed by atoms with Crippen LogP contribution in [0, 0.1) is 12.8 Å². The van der Waals surface area contributed by atoms with Gasteiger partial charge in [0.1, 0.15) is 0 Å². The van der Waals surface area contributed by atoms with E-state index < -0.39 is 0 Å². The van der Waals surface area contributed by atoms with Crippen molar-refractivity contribution in [3.63, 3.8) is 0 Å². The predicted molar refractivity (Wildman–Crippen MR) is 65.3 cm³/mol. The second kappa shape index (κ2) is 4.56. The van der Waals surface area contributed by atoms with Crippen molar-refractivity contribution in [2.75, 3.05) is 12.3 Å². The van der Waals surface area contributed by atoms with Crippen LogP contribution in [-0.2, 0) is 0 Å². The highest BCUT2D eigenvalue weighted by Crippen LogP contribution is 2.31. The highest BCUT2D eigenvalue weighted by molar-refractivity contribution is 5.95. The summed E-state index contributed by atoms with van der Waals surface area (Å²) in [6.07, 6.45) is 3.76. The largest absolute Gasteiger partial charge is 0.398 e.